The van der Waals surface area contributed by atoms with Crippen molar-refractivity contribution in [1.82, 2.24) is 10.2 Å². The van der Waals surface area contributed by atoms with Crippen LogP contribution in [0.2, 0.25) is 15.1 Å². The van der Waals surface area contributed by atoms with Crippen molar-refractivity contribution in [2.45, 2.75) is 71.5 Å². The fourth-order valence-electron chi connectivity index (χ4n) is 4.34. The number of rotatable bonds is 9. The van der Waals surface area contributed by atoms with Crippen LogP contribution in [0.4, 0.5) is 0 Å². The van der Waals surface area contributed by atoms with E-state index in [-0.39, 0.29) is 31.0 Å². The highest BCUT2D eigenvalue weighted by molar-refractivity contribution is 6.42. The number of amides is 2. The Balaban J connectivity index is 1.80. The molecule has 0 heterocycles. The topological polar surface area (TPSA) is 58.6 Å². The maximum absolute atomic E-state index is 13.4. The predicted octanol–water partition coefficient (Wildman–Crippen LogP) is 6.51. The Morgan fingerprint density at radius 2 is 1.71 bits per heavy atom. The van der Waals surface area contributed by atoms with Crippen molar-refractivity contribution in [2.24, 2.45) is 0 Å². The summed E-state index contributed by atoms with van der Waals surface area (Å²) < 4.78 is 5.83. The minimum Gasteiger partial charge on any atom is -0.484 e. The number of carbonyl (C=O) groups excluding carboxylic acids is 2. The molecule has 1 atom stereocenters. The summed E-state index contributed by atoms with van der Waals surface area (Å²) >= 11 is 18.5. The second kappa shape index (κ2) is 12.1. The van der Waals surface area contributed by atoms with Gasteiger partial charge in [-0.05, 0) is 74.1 Å². The average Bonchev–Trinajstić information content (AvgIpc) is 3.31. The van der Waals surface area contributed by atoms with Gasteiger partial charge in [-0.3, -0.25) is 9.59 Å². The number of halogens is 3. The number of ether oxygens (including phenoxy) is 1. The second-order valence-electron chi connectivity index (χ2n) is 8.84. The third-order valence-corrected chi connectivity index (χ3v) is 7.53. The van der Waals surface area contributed by atoms with Crippen molar-refractivity contribution < 1.29 is 14.3 Å². The number of benzene rings is 2. The van der Waals surface area contributed by atoms with Gasteiger partial charge < -0.3 is 15.0 Å². The highest BCUT2D eigenvalue weighted by atomic mass is 35.5. The average molecular weight is 526 g/mol. The standard InChI is InChI=1S/C26H31Cl3N2O3/c1-4-23(26(33)30-19-7-5-6-8-19)31(14-18-9-10-21(27)22(28)13-18)24(32)15-34-20-11-16(2)25(29)17(3)12-20/h9-13,19,23H,4-8,14-15H2,1-3H3,(H,30,33)/t23-/m0/s1. The molecule has 0 aliphatic heterocycles. The summed E-state index contributed by atoms with van der Waals surface area (Å²) in [6.07, 6.45) is 4.65. The van der Waals surface area contributed by atoms with Crippen molar-refractivity contribution in [3.63, 3.8) is 0 Å². The van der Waals surface area contributed by atoms with Crippen molar-refractivity contribution in [3.8, 4) is 5.75 Å². The van der Waals surface area contributed by atoms with Crippen LogP contribution in [0.3, 0.4) is 0 Å². The van der Waals surface area contributed by atoms with Crippen molar-refractivity contribution in [2.75, 3.05) is 6.61 Å². The Morgan fingerprint density at radius 3 is 2.29 bits per heavy atom. The van der Waals surface area contributed by atoms with E-state index in [1.165, 1.54) is 0 Å². The minimum absolute atomic E-state index is 0.138. The predicted molar refractivity (Wildman–Crippen MR) is 138 cm³/mol. The zero-order valence-electron chi connectivity index (χ0n) is 19.8. The van der Waals surface area contributed by atoms with E-state index in [1.54, 1.807) is 29.2 Å². The zero-order valence-corrected chi connectivity index (χ0v) is 22.1. The summed E-state index contributed by atoms with van der Waals surface area (Å²) in [6.45, 7) is 5.70. The van der Waals surface area contributed by atoms with Crippen LogP contribution in [0.5, 0.6) is 5.75 Å². The molecule has 0 bridgehead atoms. The summed E-state index contributed by atoms with van der Waals surface area (Å²) in [4.78, 5) is 28.1. The molecular weight excluding hydrogens is 495 g/mol. The summed E-state index contributed by atoms with van der Waals surface area (Å²) in [7, 11) is 0. The molecule has 0 spiro atoms. The van der Waals surface area contributed by atoms with Gasteiger partial charge in [0.2, 0.25) is 5.91 Å². The van der Waals surface area contributed by atoms with Gasteiger partial charge in [-0.25, -0.2) is 0 Å². The molecule has 1 aliphatic carbocycles. The molecule has 0 saturated heterocycles. The van der Waals surface area contributed by atoms with Crippen LogP contribution >= 0.6 is 34.8 Å². The number of carbonyl (C=O) groups is 2. The monoisotopic (exact) mass is 524 g/mol. The maximum Gasteiger partial charge on any atom is 0.261 e. The molecule has 184 valence electrons. The van der Waals surface area contributed by atoms with E-state index < -0.39 is 6.04 Å². The molecule has 34 heavy (non-hydrogen) atoms. The van der Waals surface area contributed by atoms with Crippen LogP contribution in [0.25, 0.3) is 0 Å². The lowest BCUT2D eigenvalue weighted by atomic mass is 10.1. The van der Waals surface area contributed by atoms with Gasteiger partial charge in [-0.15, -0.1) is 0 Å². The summed E-state index contributed by atoms with van der Waals surface area (Å²) in [5.74, 6) is 0.136. The Kier molecular flexibility index (Phi) is 9.52. The first kappa shape index (κ1) is 26.7. The number of nitrogens with zero attached hydrogens (tertiary/aromatic N) is 1. The van der Waals surface area contributed by atoms with Gasteiger partial charge in [-0.1, -0.05) is 60.6 Å². The summed E-state index contributed by atoms with van der Waals surface area (Å²) in [5.41, 5.74) is 2.53. The van der Waals surface area contributed by atoms with Gasteiger partial charge in [-0.2, -0.15) is 0 Å². The first-order valence-electron chi connectivity index (χ1n) is 11.6. The van der Waals surface area contributed by atoms with E-state index in [4.69, 9.17) is 39.5 Å². The van der Waals surface area contributed by atoms with Gasteiger partial charge in [0.05, 0.1) is 10.0 Å². The van der Waals surface area contributed by atoms with E-state index in [0.717, 1.165) is 42.4 Å². The molecule has 3 rings (SSSR count). The Labute approximate surface area is 216 Å². The third-order valence-electron chi connectivity index (χ3n) is 6.20. The van der Waals surface area contributed by atoms with Crippen LogP contribution in [0.15, 0.2) is 30.3 Å². The van der Waals surface area contributed by atoms with E-state index in [0.29, 0.717) is 27.2 Å². The first-order chi connectivity index (χ1) is 16.2. The molecule has 1 aliphatic rings. The van der Waals surface area contributed by atoms with Gasteiger partial charge in [0, 0.05) is 17.6 Å². The summed E-state index contributed by atoms with van der Waals surface area (Å²) in [5, 5.41) is 4.64. The molecule has 8 heteroatoms. The highest BCUT2D eigenvalue weighted by Crippen LogP contribution is 2.27. The second-order valence-corrected chi connectivity index (χ2v) is 10.0. The quantitative estimate of drug-likeness (QED) is 0.406. The van der Waals surface area contributed by atoms with Crippen LogP contribution in [0.1, 0.15) is 55.7 Å². The van der Waals surface area contributed by atoms with E-state index in [1.807, 2.05) is 26.8 Å². The van der Waals surface area contributed by atoms with Crippen molar-refractivity contribution in [3.05, 3.63) is 62.1 Å². The zero-order chi connectivity index (χ0) is 24.8. The van der Waals surface area contributed by atoms with Crippen LogP contribution < -0.4 is 10.1 Å². The summed E-state index contributed by atoms with van der Waals surface area (Å²) in [6, 6.07) is 8.37. The van der Waals surface area contributed by atoms with E-state index >= 15 is 0 Å². The molecule has 0 radical (unpaired) electrons. The van der Waals surface area contributed by atoms with Gasteiger partial charge in [0.15, 0.2) is 6.61 Å². The fraction of sp³-hybridized carbons (Fsp3) is 0.462. The first-order valence-corrected chi connectivity index (χ1v) is 12.8. The molecule has 2 aromatic rings. The molecular formula is C26H31Cl3N2O3. The molecule has 0 unspecified atom stereocenters. The van der Waals surface area contributed by atoms with Gasteiger partial charge >= 0.3 is 0 Å². The highest BCUT2D eigenvalue weighted by Gasteiger charge is 2.31. The molecule has 1 fully saturated rings. The van der Waals surface area contributed by atoms with Crippen LogP contribution in [-0.4, -0.2) is 35.4 Å². The molecule has 0 aromatic heterocycles. The SMILES string of the molecule is CC[C@@H](C(=O)NC1CCCC1)N(Cc1ccc(Cl)c(Cl)c1)C(=O)COc1cc(C)c(Cl)c(C)c1. The number of nitrogens with one attached hydrogen (secondary N) is 1. The van der Waals surface area contributed by atoms with Crippen LogP contribution in [0, 0.1) is 13.8 Å². The molecule has 1 N–H and O–H groups in total. The lowest BCUT2D eigenvalue weighted by Gasteiger charge is -2.31. The lowest BCUT2D eigenvalue weighted by molar-refractivity contribution is -0.143. The smallest absolute Gasteiger partial charge is 0.261 e. The fourth-order valence-corrected chi connectivity index (χ4v) is 4.77. The largest absolute Gasteiger partial charge is 0.484 e. The van der Waals surface area contributed by atoms with Crippen molar-refractivity contribution in [1.29, 1.82) is 0 Å². The lowest BCUT2D eigenvalue weighted by Crippen LogP contribution is -2.52. The van der Waals surface area contributed by atoms with Crippen LogP contribution in [-0.2, 0) is 16.1 Å². The normalized spacial score (nSPS) is 14.6. The van der Waals surface area contributed by atoms with E-state index in [9.17, 15) is 9.59 Å². The Hall–Kier alpha value is -1.95. The molecule has 2 amide bonds. The third kappa shape index (κ3) is 6.80. The van der Waals surface area contributed by atoms with E-state index in [2.05, 4.69) is 5.32 Å². The van der Waals surface area contributed by atoms with Gasteiger partial charge in [0.1, 0.15) is 11.8 Å². The number of hydrogen-bond acceptors (Lipinski definition) is 3. The van der Waals surface area contributed by atoms with Gasteiger partial charge in [0.25, 0.3) is 5.91 Å². The number of aryl methyl sites for hydroxylation is 2. The molecule has 2 aromatic carbocycles. The minimum atomic E-state index is -0.625. The number of hydrogen-bond donors (Lipinski definition) is 1. The Morgan fingerprint density at radius 1 is 1.06 bits per heavy atom. The maximum atomic E-state index is 13.4. The Bertz CT molecular complexity index is 1010. The van der Waals surface area contributed by atoms with Crippen molar-refractivity contribution >= 4 is 46.6 Å². The molecule has 1 saturated carbocycles. The molecule has 5 nitrogen and oxygen atoms in total.